The number of nitrogens with zero attached hydrogens (tertiary/aromatic N) is 1. The number of thioether (sulfide) groups is 1. The topological polar surface area (TPSA) is 75.1 Å². The van der Waals surface area contributed by atoms with Crippen LogP contribution in [-0.4, -0.2) is 54.0 Å². The fourth-order valence-electron chi connectivity index (χ4n) is 3.39. The number of hydrogen-bond donors (Lipinski definition) is 3. The summed E-state index contributed by atoms with van der Waals surface area (Å²) in [5, 5.41) is 17.1. The molecule has 2 aliphatic heterocycles. The molecule has 1 fully saturated rings. The molecule has 1 aromatic carbocycles. The van der Waals surface area contributed by atoms with E-state index in [1.54, 1.807) is 11.8 Å². The first kappa shape index (κ1) is 23.4. The largest absolute Gasteiger partial charge is 0.494 e. The first-order valence-electron chi connectivity index (χ1n) is 9.80. The highest BCUT2D eigenvalue weighted by molar-refractivity contribution is 14.0. The molecule has 1 saturated heterocycles. The molecule has 0 saturated carbocycles. The molecule has 2 atom stereocenters. The molecule has 3 N–H and O–H groups in total. The quantitative estimate of drug-likeness (QED) is 0.291. The number of aliphatic imine (C=N–C) groups is 1. The highest BCUT2D eigenvalue weighted by Gasteiger charge is 2.31. The van der Waals surface area contributed by atoms with Gasteiger partial charge in [0.25, 0.3) is 0 Å². The van der Waals surface area contributed by atoms with Gasteiger partial charge in [-0.1, -0.05) is 0 Å². The van der Waals surface area contributed by atoms with Gasteiger partial charge in [0, 0.05) is 36.4 Å². The number of aliphatic hydroxyl groups is 1. The van der Waals surface area contributed by atoms with Gasteiger partial charge in [-0.15, -0.1) is 24.0 Å². The third-order valence-corrected chi connectivity index (χ3v) is 6.03. The Kier molecular flexibility index (Phi) is 9.01. The van der Waals surface area contributed by atoms with Crippen LogP contribution >= 0.6 is 35.7 Å². The first-order chi connectivity index (χ1) is 13.0. The molecule has 0 aromatic heterocycles. The molecule has 1 aromatic rings. The molecule has 28 heavy (non-hydrogen) atoms. The van der Waals surface area contributed by atoms with E-state index in [0.717, 1.165) is 48.0 Å². The molecular formula is C20H32IN3O3S. The number of nitrogens with one attached hydrogen (secondary N) is 2. The Balaban J connectivity index is 0.00000280. The molecule has 0 bridgehead atoms. The average molecular weight is 521 g/mol. The summed E-state index contributed by atoms with van der Waals surface area (Å²) in [7, 11) is 0. The normalized spacial score (nSPS) is 23.6. The van der Waals surface area contributed by atoms with Gasteiger partial charge in [0.2, 0.25) is 0 Å². The summed E-state index contributed by atoms with van der Waals surface area (Å²) in [6.07, 6.45) is 1.94. The van der Waals surface area contributed by atoms with Gasteiger partial charge in [-0.2, -0.15) is 11.8 Å². The lowest BCUT2D eigenvalue weighted by Gasteiger charge is -2.23. The van der Waals surface area contributed by atoms with Crippen LogP contribution in [0.3, 0.4) is 0 Å². The maximum atomic E-state index is 10.5. The molecule has 0 spiro atoms. The third kappa shape index (κ3) is 6.06. The van der Waals surface area contributed by atoms with Gasteiger partial charge in [-0.3, -0.25) is 0 Å². The van der Waals surface area contributed by atoms with Gasteiger partial charge in [0.15, 0.2) is 5.96 Å². The van der Waals surface area contributed by atoms with Crippen molar-refractivity contribution in [3.63, 3.8) is 0 Å². The summed E-state index contributed by atoms with van der Waals surface area (Å²) in [6.45, 7) is 8.49. The molecular weight excluding hydrogens is 489 g/mol. The second-order valence-electron chi connectivity index (χ2n) is 7.21. The van der Waals surface area contributed by atoms with E-state index in [1.807, 2.05) is 13.8 Å². The van der Waals surface area contributed by atoms with Crippen LogP contribution in [0.2, 0.25) is 0 Å². The summed E-state index contributed by atoms with van der Waals surface area (Å²) in [6, 6.07) is 4.14. The Morgan fingerprint density at radius 3 is 2.89 bits per heavy atom. The van der Waals surface area contributed by atoms with Crippen LogP contribution in [0.15, 0.2) is 17.1 Å². The third-order valence-electron chi connectivity index (χ3n) is 4.80. The van der Waals surface area contributed by atoms with Crippen LogP contribution in [-0.2, 0) is 13.0 Å². The Morgan fingerprint density at radius 2 is 2.21 bits per heavy atom. The summed E-state index contributed by atoms with van der Waals surface area (Å²) < 4.78 is 11.7. The van der Waals surface area contributed by atoms with Crippen molar-refractivity contribution in [2.75, 3.05) is 31.2 Å². The highest BCUT2D eigenvalue weighted by atomic mass is 127. The second kappa shape index (κ2) is 10.8. The van der Waals surface area contributed by atoms with E-state index >= 15 is 0 Å². The molecule has 2 heterocycles. The van der Waals surface area contributed by atoms with Crippen molar-refractivity contribution >= 4 is 41.7 Å². The number of ether oxygens (including phenoxy) is 2. The minimum Gasteiger partial charge on any atom is -0.494 e. The van der Waals surface area contributed by atoms with Crippen LogP contribution < -0.4 is 20.1 Å². The van der Waals surface area contributed by atoms with E-state index < -0.39 is 5.60 Å². The van der Waals surface area contributed by atoms with Crippen LogP contribution in [0, 0.1) is 0 Å². The van der Waals surface area contributed by atoms with Crippen molar-refractivity contribution < 1.29 is 14.6 Å². The van der Waals surface area contributed by atoms with Crippen LogP contribution in [0.25, 0.3) is 0 Å². The van der Waals surface area contributed by atoms with Crippen LogP contribution in [0.4, 0.5) is 0 Å². The second-order valence-corrected chi connectivity index (χ2v) is 8.31. The Morgan fingerprint density at radius 1 is 1.39 bits per heavy atom. The van der Waals surface area contributed by atoms with Crippen LogP contribution in [0.5, 0.6) is 11.5 Å². The van der Waals surface area contributed by atoms with Gasteiger partial charge >= 0.3 is 0 Å². The maximum absolute atomic E-state index is 10.5. The van der Waals surface area contributed by atoms with E-state index in [2.05, 4.69) is 29.7 Å². The number of hydrogen-bond acceptors (Lipinski definition) is 5. The number of fused-ring (bicyclic) bond motifs is 1. The van der Waals surface area contributed by atoms with Gasteiger partial charge in [-0.25, -0.2) is 4.99 Å². The SMILES string of the molecule is CCNC(=NCc1cc2c(cc1OCC)CC(C)O2)NCC1(O)CCSC1.I. The Labute approximate surface area is 189 Å². The van der Waals surface area contributed by atoms with E-state index in [-0.39, 0.29) is 30.1 Å². The number of benzene rings is 1. The lowest BCUT2D eigenvalue weighted by Crippen LogP contribution is -2.47. The van der Waals surface area contributed by atoms with Crippen molar-refractivity contribution in [2.24, 2.45) is 4.99 Å². The van der Waals surface area contributed by atoms with Crippen molar-refractivity contribution in [3.8, 4) is 11.5 Å². The molecule has 2 aliphatic rings. The average Bonchev–Trinajstić information content (AvgIpc) is 3.22. The van der Waals surface area contributed by atoms with E-state index in [0.29, 0.717) is 25.7 Å². The molecule has 0 amide bonds. The highest BCUT2D eigenvalue weighted by Crippen LogP contribution is 2.35. The van der Waals surface area contributed by atoms with Crippen molar-refractivity contribution in [1.82, 2.24) is 10.6 Å². The zero-order valence-electron chi connectivity index (χ0n) is 16.9. The molecule has 8 heteroatoms. The molecule has 0 aliphatic carbocycles. The molecule has 3 rings (SSSR count). The van der Waals surface area contributed by atoms with E-state index in [4.69, 9.17) is 14.5 Å². The zero-order chi connectivity index (χ0) is 19.3. The van der Waals surface area contributed by atoms with E-state index in [1.165, 1.54) is 5.56 Å². The minimum atomic E-state index is -0.644. The number of halogens is 1. The summed E-state index contributed by atoms with van der Waals surface area (Å²) >= 11 is 1.79. The van der Waals surface area contributed by atoms with Crippen molar-refractivity contribution in [2.45, 2.75) is 51.9 Å². The van der Waals surface area contributed by atoms with E-state index in [9.17, 15) is 5.11 Å². The zero-order valence-corrected chi connectivity index (χ0v) is 20.1. The summed E-state index contributed by atoms with van der Waals surface area (Å²) in [4.78, 5) is 4.70. The summed E-state index contributed by atoms with van der Waals surface area (Å²) in [5.74, 6) is 4.30. The number of rotatable bonds is 7. The maximum Gasteiger partial charge on any atom is 0.191 e. The summed E-state index contributed by atoms with van der Waals surface area (Å²) in [5.41, 5.74) is 1.57. The predicted octanol–water partition coefficient (Wildman–Crippen LogP) is 2.95. The Hall–Kier alpha value is -0.870. The molecule has 0 radical (unpaired) electrons. The predicted molar refractivity (Wildman–Crippen MR) is 127 cm³/mol. The first-order valence-corrected chi connectivity index (χ1v) is 11.0. The van der Waals surface area contributed by atoms with Gasteiger partial charge < -0.3 is 25.2 Å². The van der Waals surface area contributed by atoms with Crippen molar-refractivity contribution in [3.05, 3.63) is 23.3 Å². The molecule has 6 nitrogen and oxygen atoms in total. The van der Waals surface area contributed by atoms with Crippen molar-refractivity contribution in [1.29, 1.82) is 0 Å². The smallest absolute Gasteiger partial charge is 0.191 e. The standard InChI is InChI=1S/C20H31N3O3S.HI/c1-4-21-19(23-12-20(24)6-7-27-13-20)22-11-16-10-18-15(8-14(3)26-18)9-17(16)25-5-2;/h9-10,14,24H,4-8,11-13H2,1-3H3,(H2,21,22,23);1H. The van der Waals surface area contributed by atoms with Gasteiger partial charge in [0.05, 0.1) is 18.8 Å². The van der Waals surface area contributed by atoms with Gasteiger partial charge in [0.1, 0.15) is 17.6 Å². The fourth-order valence-corrected chi connectivity index (χ4v) is 4.68. The fraction of sp³-hybridized carbons (Fsp3) is 0.650. The molecule has 158 valence electrons. The lowest BCUT2D eigenvalue weighted by molar-refractivity contribution is 0.0724. The number of guanidine groups is 1. The molecule has 2 unspecified atom stereocenters. The lowest BCUT2D eigenvalue weighted by atomic mass is 10.0. The Bertz CT molecular complexity index is 681. The van der Waals surface area contributed by atoms with Crippen LogP contribution in [0.1, 0.15) is 38.3 Å². The minimum absolute atomic E-state index is 0. The monoisotopic (exact) mass is 521 g/mol. The van der Waals surface area contributed by atoms with Gasteiger partial charge in [-0.05, 0) is 45.1 Å².